The van der Waals surface area contributed by atoms with Crippen LogP contribution in [-0.4, -0.2) is 28.2 Å². The van der Waals surface area contributed by atoms with Crippen molar-refractivity contribution in [3.63, 3.8) is 0 Å². The Labute approximate surface area is 146 Å². The molecule has 1 aromatic carbocycles. The molecule has 0 saturated heterocycles. The number of hydrogen-bond donors (Lipinski definition) is 1. The number of pyridine rings is 1. The SMILES string of the molecule is CC(=O)N(CCC(=O)NCc1ccccc1Cl)Cc1cccnc1. The fourth-order valence-electron chi connectivity index (χ4n) is 2.22. The Morgan fingerprint density at radius 2 is 2.00 bits per heavy atom. The highest BCUT2D eigenvalue weighted by atomic mass is 35.5. The van der Waals surface area contributed by atoms with Crippen molar-refractivity contribution in [1.29, 1.82) is 0 Å². The summed E-state index contributed by atoms with van der Waals surface area (Å²) in [6.07, 6.45) is 3.64. The van der Waals surface area contributed by atoms with Crippen LogP contribution in [-0.2, 0) is 22.7 Å². The molecule has 0 aliphatic rings. The van der Waals surface area contributed by atoms with Crippen molar-refractivity contribution in [2.45, 2.75) is 26.4 Å². The molecule has 0 aliphatic carbocycles. The largest absolute Gasteiger partial charge is 0.352 e. The van der Waals surface area contributed by atoms with E-state index in [-0.39, 0.29) is 18.2 Å². The van der Waals surface area contributed by atoms with E-state index in [1.807, 2.05) is 30.3 Å². The Bertz CT molecular complexity index is 692. The first-order chi connectivity index (χ1) is 11.6. The highest BCUT2D eigenvalue weighted by Gasteiger charge is 2.12. The Hall–Kier alpha value is -2.40. The molecular formula is C18H20ClN3O2. The first kappa shape index (κ1) is 17.9. The lowest BCUT2D eigenvalue weighted by atomic mass is 10.2. The van der Waals surface area contributed by atoms with Crippen molar-refractivity contribution in [2.24, 2.45) is 0 Å². The fraction of sp³-hybridized carbons (Fsp3) is 0.278. The summed E-state index contributed by atoms with van der Waals surface area (Å²) in [4.78, 5) is 29.4. The maximum atomic E-state index is 12.0. The molecule has 2 aromatic rings. The molecule has 1 heterocycles. The molecule has 5 nitrogen and oxygen atoms in total. The molecule has 2 rings (SSSR count). The normalized spacial score (nSPS) is 10.2. The Kier molecular flexibility index (Phi) is 6.75. The summed E-state index contributed by atoms with van der Waals surface area (Å²) in [6, 6.07) is 11.1. The van der Waals surface area contributed by atoms with Crippen LogP contribution in [0, 0.1) is 0 Å². The van der Waals surface area contributed by atoms with E-state index < -0.39 is 0 Å². The van der Waals surface area contributed by atoms with E-state index in [0.717, 1.165) is 11.1 Å². The van der Waals surface area contributed by atoms with Gasteiger partial charge in [0.15, 0.2) is 0 Å². The Morgan fingerprint density at radius 1 is 1.21 bits per heavy atom. The smallest absolute Gasteiger partial charge is 0.222 e. The van der Waals surface area contributed by atoms with Crippen LogP contribution in [0.2, 0.25) is 5.02 Å². The molecule has 0 unspecified atom stereocenters. The van der Waals surface area contributed by atoms with Crippen LogP contribution < -0.4 is 5.32 Å². The zero-order valence-corrected chi connectivity index (χ0v) is 14.3. The summed E-state index contributed by atoms with van der Waals surface area (Å²) < 4.78 is 0. The molecule has 2 amide bonds. The summed E-state index contributed by atoms with van der Waals surface area (Å²) in [5.74, 6) is -0.190. The second-order valence-electron chi connectivity index (χ2n) is 5.42. The van der Waals surface area contributed by atoms with Crippen LogP contribution in [0.1, 0.15) is 24.5 Å². The minimum absolute atomic E-state index is 0.0715. The van der Waals surface area contributed by atoms with Crippen LogP contribution >= 0.6 is 11.6 Å². The average molecular weight is 346 g/mol. The van der Waals surface area contributed by atoms with E-state index in [1.165, 1.54) is 6.92 Å². The molecular weight excluding hydrogens is 326 g/mol. The topological polar surface area (TPSA) is 62.3 Å². The van der Waals surface area contributed by atoms with Gasteiger partial charge in [-0.1, -0.05) is 35.9 Å². The lowest BCUT2D eigenvalue weighted by Gasteiger charge is -2.20. The third kappa shape index (κ3) is 5.66. The molecule has 1 N–H and O–H groups in total. The Morgan fingerprint density at radius 3 is 2.67 bits per heavy atom. The van der Waals surface area contributed by atoms with E-state index in [1.54, 1.807) is 23.4 Å². The third-order valence-electron chi connectivity index (χ3n) is 3.58. The molecule has 0 saturated carbocycles. The van der Waals surface area contributed by atoms with E-state index >= 15 is 0 Å². The molecule has 0 spiro atoms. The van der Waals surface area contributed by atoms with Crippen LogP contribution in [0.15, 0.2) is 48.8 Å². The zero-order chi connectivity index (χ0) is 17.4. The zero-order valence-electron chi connectivity index (χ0n) is 13.5. The van der Waals surface area contributed by atoms with Crippen molar-refractivity contribution in [3.8, 4) is 0 Å². The van der Waals surface area contributed by atoms with Crippen molar-refractivity contribution < 1.29 is 9.59 Å². The number of aromatic nitrogens is 1. The number of nitrogens with zero attached hydrogens (tertiary/aromatic N) is 2. The summed E-state index contributed by atoms with van der Waals surface area (Å²) >= 11 is 6.06. The first-order valence-corrected chi connectivity index (χ1v) is 8.08. The van der Waals surface area contributed by atoms with Crippen LogP contribution in [0.4, 0.5) is 0 Å². The van der Waals surface area contributed by atoms with E-state index in [2.05, 4.69) is 10.3 Å². The predicted molar refractivity (Wildman–Crippen MR) is 93.2 cm³/mol. The quantitative estimate of drug-likeness (QED) is 0.839. The molecule has 0 aliphatic heterocycles. The molecule has 1 aromatic heterocycles. The van der Waals surface area contributed by atoms with Crippen LogP contribution in [0.25, 0.3) is 0 Å². The second kappa shape index (κ2) is 9.03. The molecule has 6 heteroatoms. The van der Waals surface area contributed by atoms with E-state index in [0.29, 0.717) is 24.7 Å². The minimum atomic E-state index is -0.118. The monoisotopic (exact) mass is 345 g/mol. The number of benzene rings is 1. The first-order valence-electron chi connectivity index (χ1n) is 7.71. The maximum Gasteiger partial charge on any atom is 0.222 e. The van der Waals surface area contributed by atoms with Gasteiger partial charge in [-0.3, -0.25) is 14.6 Å². The molecule has 0 atom stereocenters. The van der Waals surface area contributed by atoms with Gasteiger partial charge in [-0.25, -0.2) is 0 Å². The highest BCUT2D eigenvalue weighted by molar-refractivity contribution is 6.31. The summed E-state index contributed by atoms with van der Waals surface area (Å²) in [5.41, 5.74) is 1.80. The Balaban J connectivity index is 1.82. The number of carbonyl (C=O) groups is 2. The van der Waals surface area contributed by atoms with Gasteiger partial charge in [-0.05, 0) is 23.3 Å². The van der Waals surface area contributed by atoms with Crippen LogP contribution in [0.3, 0.4) is 0 Å². The number of halogens is 1. The van der Waals surface area contributed by atoms with Gasteiger partial charge in [0.05, 0.1) is 0 Å². The van der Waals surface area contributed by atoms with Gasteiger partial charge in [0.1, 0.15) is 0 Å². The molecule has 0 fully saturated rings. The van der Waals surface area contributed by atoms with Gasteiger partial charge in [0.25, 0.3) is 0 Å². The summed E-state index contributed by atoms with van der Waals surface area (Å²) in [5, 5.41) is 3.45. The summed E-state index contributed by atoms with van der Waals surface area (Å²) in [6.45, 7) is 2.68. The van der Waals surface area contributed by atoms with Gasteiger partial charge >= 0.3 is 0 Å². The van der Waals surface area contributed by atoms with Gasteiger partial charge in [0, 0.05) is 50.4 Å². The second-order valence-corrected chi connectivity index (χ2v) is 5.83. The van der Waals surface area contributed by atoms with Gasteiger partial charge < -0.3 is 10.2 Å². The average Bonchev–Trinajstić information content (AvgIpc) is 2.58. The lowest BCUT2D eigenvalue weighted by Crippen LogP contribution is -2.33. The highest BCUT2D eigenvalue weighted by Crippen LogP contribution is 2.14. The lowest BCUT2D eigenvalue weighted by molar-refractivity contribution is -0.130. The number of rotatable bonds is 7. The van der Waals surface area contributed by atoms with Crippen molar-refractivity contribution in [2.75, 3.05) is 6.54 Å². The van der Waals surface area contributed by atoms with Crippen molar-refractivity contribution in [3.05, 3.63) is 64.9 Å². The molecule has 126 valence electrons. The standard InChI is InChI=1S/C18H20ClN3O2/c1-14(23)22(13-15-5-4-9-20-11-15)10-8-18(24)21-12-16-6-2-3-7-17(16)19/h2-7,9,11H,8,10,12-13H2,1H3,(H,21,24). The number of carbonyl (C=O) groups excluding carboxylic acids is 2. The predicted octanol–water partition coefficient (Wildman–Crippen LogP) is 2.79. The van der Waals surface area contributed by atoms with E-state index in [9.17, 15) is 9.59 Å². The van der Waals surface area contributed by atoms with E-state index in [4.69, 9.17) is 11.6 Å². The van der Waals surface area contributed by atoms with Crippen LogP contribution in [0.5, 0.6) is 0 Å². The molecule has 24 heavy (non-hydrogen) atoms. The fourth-order valence-corrected chi connectivity index (χ4v) is 2.42. The maximum absolute atomic E-state index is 12.0. The molecule has 0 bridgehead atoms. The third-order valence-corrected chi connectivity index (χ3v) is 3.95. The van der Waals surface area contributed by atoms with Crippen molar-refractivity contribution >= 4 is 23.4 Å². The molecule has 0 radical (unpaired) electrons. The summed E-state index contributed by atoms with van der Waals surface area (Å²) in [7, 11) is 0. The van der Waals surface area contributed by atoms with Gasteiger partial charge in [0.2, 0.25) is 11.8 Å². The van der Waals surface area contributed by atoms with Crippen molar-refractivity contribution in [1.82, 2.24) is 15.2 Å². The number of nitrogens with one attached hydrogen (secondary N) is 1. The van der Waals surface area contributed by atoms with Gasteiger partial charge in [-0.15, -0.1) is 0 Å². The van der Waals surface area contributed by atoms with Gasteiger partial charge in [-0.2, -0.15) is 0 Å². The minimum Gasteiger partial charge on any atom is -0.352 e. The number of hydrogen-bond acceptors (Lipinski definition) is 3. The number of amides is 2.